The summed E-state index contributed by atoms with van der Waals surface area (Å²) >= 11 is 0. The van der Waals surface area contributed by atoms with Gasteiger partial charge >= 0.3 is 0 Å². The summed E-state index contributed by atoms with van der Waals surface area (Å²) in [6, 6.07) is 6.90. The molecule has 1 aromatic rings. The zero-order chi connectivity index (χ0) is 14.1. The minimum atomic E-state index is 0.339. The second-order valence-corrected chi connectivity index (χ2v) is 6.80. The summed E-state index contributed by atoms with van der Waals surface area (Å²) in [4.78, 5) is 0. The van der Waals surface area contributed by atoms with Crippen LogP contribution in [0.3, 0.4) is 0 Å². The number of benzene rings is 1. The molecule has 2 aliphatic rings. The van der Waals surface area contributed by atoms with E-state index < -0.39 is 0 Å². The third-order valence-corrected chi connectivity index (χ3v) is 5.41. The van der Waals surface area contributed by atoms with Gasteiger partial charge in [-0.3, -0.25) is 0 Å². The van der Waals surface area contributed by atoms with Crippen molar-refractivity contribution in [2.75, 3.05) is 13.7 Å². The summed E-state index contributed by atoms with van der Waals surface area (Å²) in [5, 5.41) is 3.32. The van der Waals surface area contributed by atoms with E-state index in [-0.39, 0.29) is 0 Å². The normalized spacial score (nSPS) is 29.6. The van der Waals surface area contributed by atoms with Gasteiger partial charge in [-0.25, -0.2) is 0 Å². The smallest absolute Gasteiger partial charge is 0.124 e. The minimum Gasteiger partial charge on any atom is -0.493 e. The highest BCUT2D eigenvalue weighted by atomic mass is 16.5. The molecule has 0 aliphatic heterocycles. The summed E-state index contributed by atoms with van der Waals surface area (Å²) < 4.78 is 6.24. The SMILES string of the molecule is CNC(C)c1ccc(C)cc1OCC1CC2CCC1C2. The Morgan fingerprint density at radius 3 is 2.80 bits per heavy atom. The summed E-state index contributed by atoms with van der Waals surface area (Å²) in [7, 11) is 2.00. The minimum absolute atomic E-state index is 0.339. The molecule has 2 aliphatic carbocycles. The fourth-order valence-corrected chi connectivity index (χ4v) is 4.06. The van der Waals surface area contributed by atoms with Crippen LogP contribution in [0.25, 0.3) is 0 Å². The third-order valence-electron chi connectivity index (χ3n) is 5.41. The number of nitrogens with one attached hydrogen (secondary N) is 1. The topological polar surface area (TPSA) is 21.3 Å². The molecule has 0 amide bonds. The van der Waals surface area contributed by atoms with Crippen LogP contribution in [0.15, 0.2) is 18.2 Å². The van der Waals surface area contributed by atoms with Gasteiger partial charge in [0, 0.05) is 11.6 Å². The molecular formula is C18H27NO. The lowest BCUT2D eigenvalue weighted by Gasteiger charge is -2.24. The van der Waals surface area contributed by atoms with Crippen molar-refractivity contribution in [3.05, 3.63) is 29.3 Å². The van der Waals surface area contributed by atoms with Crippen LogP contribution in [-0.2, 0) is 0 Å². The van der Waals surface area contributed by atoms with Crippen LogP contribution >= 0.6 is 0 Å². The van der Waals surface area contributed by atoms with E-state index in [4.69, 9.17) is 4.74 Å². The second-order valence-electron chi connectivity index (χ2n) is 6.80. The summed E-state index contributed by atoms with van der Waals surface area (Å²) in [6.45, 7) is 5.24. The first-order valence-corrected chi connectivity index (χ1v) is 8.08. The van der Waals surface area contributed by atoms with Gasteiger partial charge in [-0.15, -0.1) is 0 Å². The maximum atomic E-state index is 6.24. The van der Waals surface area contributed by atoms with E-state index >= 15 is 0 Å². The second kappa shape index (κ2) is 5.77. The molecule has 0 heterocycles. The first-order chi connectivity index (χ1) is 9.67. The Hall–Kier alpha value is -1.02. The van der Waals surface area contributed by atoms with Crippen LogP contribution in [0.2, 0.25) is 0 Å². The number of aryl methyl sites for hydroxylation is 1. The molecule has 4 atom stereocenters. The Balaban J connectivity index is 1.68. The molecule has 2 bridgehead atoms. The van der Waals surface area contributed by atoms with Gasteiger partial charge in [0.15, 0.2) is 0 Å². The van der Waals surface area contributed by atoms with E-state index in [2.05, 4.69) is 37.4 Å². The van der Waals surface area contributed by atoms with Gasteiger partial charge in [-0.2, -0.15) is 0 Å². The van der Waals surface area contributed by atoms with E-state index in [1.54, 1.807) is 0 Å². The lowest BCUT2D eigenvalue weighted by Crippen LogP contribution is -2.20. The van der Waals surface area contributed by atoms with Gasteiger partial charge in [0.1, 0.15) is 5.75 Å². The fourth-order valence-electron chi connectivity index (χ4n) is 4.06. The molecule has 0 radical (unpaired) electrons. The molecule has 20 heavy (non-hydrogen) atoms. The number of hydrogen-bond acceptors (Lipinski definition) is 2. The first-order valence-electron chi connectivity index (χ1n) is 8.08. The van der Waals surface area contributed by atoms with Crippen LogP contribution < -0.4 is 10.1 Å². The fraction of sp³-hybridized carbons (Fsp3) is 0.667. The lowest BCUT2D eigenvalue weighted by atomic mass is 9.89. The summed E-state index contributed by atoms with van der Waals surface area (Å²) in [5.74, 6) is 3.82. The number of ether oxygens (including phenoxy) is 1. The quantitative estimate of drug-likeness (QED) is 0.872. The van der Waals surface area contributed by atoms with E-state index in [0.717, 1.165) is 30.1 Å². The number of fused-ring (bicyclic) bond motifs is 2. The average Bonchev–Trinajstić information content (AvgIpc) is 3.07. The van der Waals surface area contributed by atoms with E-state index in [9.17, 15) is 0 Å². The Morgan fingerprint density at radius 1 is 1.30 bits per heavy atom. The Kier molecular flexibility index (Phi) is 4.02. The highest BCUT2D eigenvalue weighted by molar-refractivity contribution is 5.39. The van der Waals surface area contributed by atoms with Crippen molar-refractivity contribution in [3.63, 3.8) is 0 Å². The molecule has 110 valence electrons. The van der Waals surface area contributed by atoms with Gasteiger partial charge in [0.05, 0.1) is 6.61 Å². The molecule has 0 saturated heterocycles. The molecular weight excluding hydrogens is 246 g/mol. The number of rotatable bonds is 5. The van der Waals surface area contributed by atoms with Crippen molar-refractivity contribution < 1.29 is 4.74 Å². The summed E-state index contributed by atoms with van der Waals surface area (Å²) in [5.41, 5.74) is 2.56. The van der Waals surface area contributed by atoms with Crippen molar-refractivity contribution in [1.29, 1.82) is 0 Å². The predicted octanol–water partition coefficient (Wildman–Crippen LogP) is 4.09. The molecule has 1 aromatic carbocycles. The first kappa shape index (κ1) is 13.9. The maximum Gasteiger partial charge on any atom is 0.124 e. The zero-order valence-corrected chi connectivity index (χ0v) is 13.0. The number of hydrogen-bond donors (Lipinski definition) is 1. The highest BCUT2D eigenvalue weighted by Gasteiger charge is 2.39. The van der Waals surface area contributed by atoms with Crippen molar-refractivity contribution in [2.24, 2.45) is 17.8 Å². The Labute approximate surface area is 122 Å². The lowest BCUT2D eigenvalue weighted by molar-refractivity contribution is 0.193. The maximum absolute atomic E-state index is 6.24. The molecule has 4 unspecified atom stereocenters. The largest absolute Gasteiger partial charge is 0.493 e. The van der Waals surface area contributed by atoms with E-state index in [1.807, 2.05) is 7.05 Å². The van der Waals surface area contributed by atoms with Crippen molar-refractivity contribution in [2.45, 2.75) is 45.6 Å². The molecule has 2 fully saturated rings. The summed E-state index contributed by atoms with van der Waals surface area (Å²) in [6.07, 6.45) is 5.76. The van der Waals surface area contributed by atoms with Gasteiger partial charge in [0.25, 0.3) is 0 Å². The van der Waals surface area contributed by atoms with Crippen LogP contribution in [0.4, 0.5) is 0 Å². The van der Waals surface area contributed by atoms with Crippen LogP contribution in [0.5, 0.6) is 5.75 Å². The average molecular weight is 273 g/mol. The van der Waals surface area contributed by atoms with Crippen LogP contribution in [0, 0.1) is 24.7 Å². The molecule has 2 heteroatoms. The van der Waals surface area contributed by atoms with Crippen molar-refractivity contribution in [3.8, 4) is 5.75 Å². The molecule has 0 aromatic heterocycles. The molecule has 1 N–H and O–H groups in total. The molecule has 2 saturated carbocycles. The van der Waals surface area contributed by atoms with E-state index in [0.29, 0.717) is 6.04 Å². The third kappa shape index (κ3) is 2.71. The van der Waals surface area contributed by atoms with Gasteiger partial charge in [0.2, 0.25) is 0 Å². The van der Waals surface area contributed by atoms with Gasteiger partial charge < -0.3 is 10.1 Å². The van der Waals surface area contributed by atoms with Crippen LogP contribution in [-0.4, -0.2) is 13.7 Å². The highest BCUT2D eigenvalue weighted by Crippen LogP contribution is 2.48. The standard InChI is InChI=1S/C18H27NO/c1-12-4-7-17(13(2)19-3)18(8-12)20-11-16-10-14-5-6-15(16)9-14/h4,7-8,13-16,19H,5-6,9-11H2,1-3H3. The molecule has 2 nitrogen and oxygen atoms in total. The molecule has 0 spiro atoms. The van der Waals surface area contributed by atoms with Gasteiger partial charge in [-0.05, 0) is 69.5 Å². The van der Waals surface area contributed by atoms with Gasteiger partial charge in [-0.1, -0.05) is 18.6 Å². The Bertz CT molecular complexity index is 470. The predicted molar refractivity (Wildman–Crippen MR) is 83.1 cm³/mol. The van der Waals surface area contributed by atoms with E-state index in [1.165, 1.54) is 36.8 Å². The molecule has 3 rings (SSSR count). The zero-order valence-electron chi connectivity index (χ0n) is 13.0. The van der Waals surface area contributed by atoms with Crippen LogP contribution in [0.1, 0.15) is 49.8 Å². The monoisotopic (exact) mass is 273 g/mol. The van der Waals surface area contributed by atoms with Crippen molar-refractivity contribution >= 4 is 0 Å². The van der Waals surface area contributed by atoms with Crippen molar-refractivity contribution in [1.82, 2.24) is 5.32 Å². The Morgan fingerprint density at radius 2 is 2.15 bits per heavy atom.